The fourth-order valence-corrected chi connectivity index (χ4v) is 3.79. The van der Waals surface area contributed by atoms with Crippen LogP contribution in [0, 0.1) is 19.8 Å². The topological polar surface area (TPSA) is 0 Å². The zero-order valence-electron chi connectivity index (χ0n) is 12.4. The molecule has 0 bridgehead atoms. The van der Waals surface area contributed by atoms with Gasteiger partial charge in [-0.05, 0) is 44.0 Å². The minimum Gasteiger partial charge on any atom is -0.126 e. The summed E-state index contributed by atoms with van der Waals surface area (Å²) in [5, 5.41) is 0. The van der Waals surface area contributed by atoms with Crippen molar-refractivity contribution in [2.45, 2.75) is 30.6 Å². The number of aryl methyl sites for hydroxylation is 2. The number of rotatable bonds is 6. The summed E-state index contributed by atoms with van der Waals surface area (Å²) in [4.78, 5) is 2.76. The Labute approximate surface area is 131 Å². The van der Waals surface area contributed by atoms with Crippen LogP contribution in [0.25, 0.3) is 0 Å². The normalized spacial score (nSPS) is 11.0. The second kappa shape index (κ2) is 7.80. The fourth-order valence-electron chi connectivity index (χ4n) is 1.79. The minimum absolute atomic E-state index is 0.715. The molecule has 0 amide bonds. The van der Waals surface area contributed by atoms with Gasteiger partial charge in [0.05, 0.1) is 0 Å². The molecule has 2 aromatic rings. The minimum atomic E-state index is 0.715. The van der Waals surface area contributed by atoms with Gasteiger partial charge in [-0.15, -0.1) is 23.5 Å². The predicted octanol–water partition coefficient (Wildman–Crippen LogP) is 5.82. The van der Waals surface area contributed by atoms with Crippen molar-refractivity contribution in [2.75, 3.05) is 11.5 Å². The molecule has 0 atom stereocenters. The molecule has 0 fully saturated rings. The van der Waals surface area contributed by atoms with Crippen LogP contribution < -0.4 is 0 Å². The van der Waals surface area contributed by atoms with Crippen LogP contribution in [0.4, 0.5) is 0 Å². The Morgan fingerprint density at radius 2 is 1.05 bits per heavy atom. The first kappa shape index (κ1) is 15.5. The second-order valence-electron chi connectivity index (χ2n) is 5.35. The van der Waals surface area contributed by atoms with Crippen molar-refractivity contribution in [1.29, 1.82) is 0 Å². The first-order valence-electron chi connectivity index (χ1n) is 7.02. The van der Waals surface area contributed by atoms with Crippen molar-refractivity contribution >= 4 is 23.5 Å². The molecule has 2 rings (SSSR count). The third-order valence-corrected chi connectivity index (χ3v) is 5.79. The lowest BCUT2D eigenvalue weighted by Gasteiger charge is -2.11. The molecule has 2 heteroatoms. The van der Waals surface area contributed by atoms with Gasteiger partial charge < -0.3 is 0 Å². The van der Waals surface area contributed by atoms with Crippen molar-refractivity contribution in [3.8, 4) is 0 Å². The fraction of sp³-hybridized carbons (Fsp3) is 0.333. The Morgan fingerprint density at radius 3 is 1.40 bits per heavy atom. The Bertz CT molecular complexity index is 465. The Hall–Kier alpha value is -0.860. The van der Waals surface area contributed by atoms with Gasteiger partial charge in [0.1, 0.15) is 0 Å². The van der Waals surface area contributed by atoms with E-state index in [4.69, 9.17) is 0 Å². The van der Waals surface area contributed by atoms with Crippen LogP contribution in [0.1, 0.15) is 18.1 Å². The first-order chi connectivity index (χ1) is 9.63. The van der Waals surface area contributed by atoms with Gasteiger partial charge in [0.25, 0.3) is 0 Å². The molecule has 0 saturated carbocycles. The van der Waals surface area contributed by atoms with E-state index in [1.807, 2.05) is 23.5 Å². The van der Waals surface area contributed by atoms with Gasteiger partial charge in [0.15, 0.2) is 0 Å². The van der Waals surface area contributed by atoms with Crippen molar-refractivity contribution in [1.82, 2.24) is 0 Å². The highest BCUT2D eigenvalue weighted by molar-refractivity contribution is 8.00. The molecule has 2 aromatic carbocycles. The first-order valence-corrected chi connectivity index (χ1v) is 8.99. The predicted molar refractivity (Wildman–Crippen MR) is 93.0 cm³/mol. The van der Waals surface area contributed by atoms with Gasteiger partial charge in [-0.3, -0.25) is 0 Å². The van der Waals surface area contributed by atoms with Crippen LogP contribution in [0.2, 0.25) is 0 Å². The van der Waals surface area contributed by atoms with Gasteiger partial charge in [-0.2, -0.15) is 0 Å². The lowest BCUT2D eigenvalue weighted by molar-refractivity contribution is 0.764. The summed E-state index contributed by atoms with van der Waals surface area (Å²) in [6.07, 6.45) is 0. The molecule has 0 unspecified atom stereocenters. The molecule has 0 heterocycles. The average molecular weight is 303 g/mol. The summed E-state index contributed by atoms with van der Waals surface area (Å²) in [5.41, 5.74) is 2.66. The van der Waals surface area contributed by atoms with Gasteiger partial charge in [0.2, 0.25) is 0 Å². The maximum atomic E-state index is 2.34. The van der Waals surface area contributed by atoms with E-state index in [0.29, 0.717) is 5.92 Å². The maximum Gasteiger partial charge on any atom is 0.00722 e. The van der Waals surface area contributed by atoms with Crippen LogP contribution in [0.15, 0.2) is 58.3 Å². The number of hydrogen-bond acceptors (Lipinski definition) is 2. The van der Waals surface area contributed by atoms with E-state index in [2.05, 4.69) is 69.3 Å². The van der Waals surface area contributed by atoms with E-state index in [0.717, 1.165) is 0 Å². The van der Waals surface area contributed by atoms with E-state index in [1.165, 1.54) is 32.4 Å². The van der Waals surface area contributed by atoms with Crippen molar-refractivity contribution in [3.63, 3.8) is 0 Å². The van der Waals surface area contributed by atoms with Gasteiger partial charge in [-0.1, -0.05) is 42.3 Å². The largest absolute Gasteiger partial charge is 0.126 e. The third kappa shape index (κ3) is 5.26. The second-order valence-corrected chi connectivity index (χ2v) is 7.54. The Balaban J connectivity index is 1.73. The molecule has 0 radical (unpaired) electrons. The molecule has 0 aliphatic rings. The number of thioether (sulfide) groups is 2. The monoisotopic (exact) mass is 302 g/mol. The van der Waals surface area contributed by atoms with Crippen LogP contribution >= 0.6 is 23.5 Å². The smallest absolute Gasteiger partial charge is 0.00722 e. The lowest BCUT2D eigenvalue weighted by atomic mass is 10.2. The quantitative estimate of drug-likeness (QED) is 0.616. The zero-order chi connectivity index (χ0) is 14.4. The SMILES string of the molecule is Cc1ccc(SCC(C)CSc2ccc(C)cc2)cc1. The number of benzene rings is 2. The van der Waals surface area contributed by atoms with E-state index in [-0.39, 0.29) is 0 Å². The molecule has 0 saturated heterocycles. The highest BCUT2D eigenvalue weighted by Gasteiger charge is 2.04. The van der Waals surface area contributed by atoms with Crippen molar-refractivity contribution < 1.29 is 0 Å². The standard InChI is InChI=1S/C18H22S2/c1-14-4-8-17(9-5-14)19-12-16(3)13-20-18-10-6-15(2)7-11-18/h4-11,16H,12-13H2,1-3H3. The summed E-state index contributed by atoms with van der Waals surface area (Å²) in [5.74, 6) is 3.08. The van der Waals surface area contributed by atoms with E-state index < -0.39 is 0 Å². The molecule has 0 spiro atoms. The van der Waals surface area contributed by atoms with E-state index in [9.17, 15) is 0 Å². The molecule has 0 N–H and O–H groups in total. The molecule has 0 aliphatic heterocycles. The average Bonchev–Trinajstić information content (AvgIpc) is 2.46. The van der Waals surface area contributed by atoms with Gasteiger partial charge in [0, 0.05) is 21.3 Å². The van der Waals surface area contributed by atoms with Gasteiger partial charge in [-0.25, -0.2) is 0 Å². The molecular formula is C18H22S2. The molecule has 0 nitrogen and oxygen atoms in total. The van der Waals surface area contributed by atoms with Crippen molar-refractivity contribution in [3.05, 3.63) is 59.7 Å². The van der Waals surface area contributed by atoms with Crippen LogP contribution in [0.5, 0.6) is 0 Å². The summed E-state index contributed by atoms with van der Waals surface area (Å²) in [6, 6.07) is 17.6. The number of hydrogen-bond donors (Lipinski definition) is 0. The zero-order valence-corrected chi connectivity index (χ0v) is 14.1. The molecular weight excluding hydrogens is 280 g/mol. The molecule has 0 aromatic heterocycles. The Morgan fingerprint density at radius 1 is 0.700 bits per heavy atom. The van der Waals surface area contributed by atoms with E-state index in [1.54, 1.807) is 0 Å². The van der Waals surface area contributed by atoms with Crippen molar-refractivity contribution in [2.24, 2.45) is 5.92 Å². The summed E-state index contributed by atoms with van der Waals surface area (Å²) < 4.78 is 0. The Kier molecular flexibility index (Phi) is 6.06. The van der Waals surface area contributed by atoms with E-state index >= 15 is 0 Å². The van der Waals surface area contributed by atoms with Gasteiger partial charge >= 0.3 is 0 Å². The summed E-state index contributed by atoms with van der Waals surface area (Å²) >= 11 is 3.92. The highest BCUT2D eigenvalue weighted by atomic mass is 32.2. The highest BCUT2D eigenvalue weighted by Crippen LogP contribution is 2.26. The molecule has 20 heavy (non-hydrogen) atoms. The molecule has 0 aliphatic carbocycles. The van der Waals surface area contributed by atoms with Crippen LogP contribution in [-0.4, -0.2) is 11.5 Å². The summed E-state index contributed by atoms with van der Waals surface area (Å²) in [7, 11) is 0. The maximum absolute atomic E-state index is 2.34. The molecule has 106 valence electrons. The van der Waals surface area contributed by atoms with Crippen LogP contribution in [-0.2, 0) is 0 Å². The van der Waals surface area contributed by atoms with Crippen LogP contribution in [0.3, 0.4) is 0 Å². The third-order valence-electron chi connectivity index (χ3n) is 3.11. The lowest BCUT2D eigenvalue weighted by Crippen LogP contribution is -2.01. The summed E-state index contributed by atoms with van der Waals surface area (Å²) in [6.45, 7) is 6.60.